The number of nitrogens with one attached hydrogen (secondary N) is 1. The summed E-state index contributed by atoms with van der Waals surface area (Å²) in [4.78, 5) is 35.6. The number of aromatic hydroxyl groups is 1. The second kappa shape index (κ2) is 8.16. The summed E-state index contributed by atoms with van der Waals surface area (Å²) in [6.07, 6.45) is 0. The summed E-state index contributed by atoms with van der Waals surface area (Å²) < 4.78 is 9.80. The van der Waals surface area contributed by atoms with Crippen molar-refractivity contribution in [2.75, 3.05) is 13.7 Å². The fraction of sp³-hybridized carbons (Fsp3) is 0.118. The Morgan fingerprint density at radius 2 is 1.84 bits per heavy atom. The Labute approximate surface area is 148 Å². The van der Waals surface area contributed by atoms with Crippen molar-refractivity contribution in [1.82, 2.24) is 5.32 Å². The molecule has 0 saturated carbocycles. The molecule has 0 aliphatic heterocycles. The molecule has 2 N–H and O–H groups in total. The highest BCUT2D eigenvalue weighted by Gasteiger charge is 2.18. The van der Waals surface area contributed by atoms with E-state index in [4.69, 9.17) is 21.1 Å². The van der Waals surface area contributed by atoms with Crippen LogP contribution in [0, 0.1) is 0 Å². The lowest BCUT2D eigenvalue weighted by Gasteiger charge is -2.09. The van der Waals surface area contributed by atoms with Crippen molar-refractivity contribution in [3.05, 3.63) is 58.6 Å². The molecule has 0 aliphatic carbocycles. The number of rotatable bonds is 5. The SMILES string of the molecule is COc1ccccc1C(=O)NC(=O)COC(=O)c1ccc(Cl)cc1O. The number of para-hydroxylation sites is 1. The van der Waals surface area contributed by atoms with Gasteiger partial charge in [-0.2, -0.15) is 0 Å². The molecule has 0 atom stereocenters. The zero-order chi connectivity index (χ0) is 18.4. The summed E-state index contributed by atoms with van der Waals surface area (Å²) in [6.45, 7) is -0.693. The van der Waals surface area contributed by atoms with E-state index in [2.05, 4.69) is 5.32 Å². The van der Waals surface area contributed by atoms with Crippen molar-refractivity contribution in [2.24, 2.45) is 0 Å². The van der Waals surface area contributed by atoms with Gasteiger partial charge >= 0.3 is 5.97 Å². The van der Waals surface area contributed by atoms with Gasteiger partial charge in [0.05, 0.1) is 12.7 Å². The normalized spacial score (nSPS) is 10.0. The summed E-state index contributed by atoms with van der Waals surface area (Å²) in [7, 11) is 1.40. The predicted molar refractivity (Wildman–Crippen MR) is 88.9 cm³/mol. The van der Waals surface area contributed by atoms with Gasteiger partial charge in [-0.3, -0.25) is 14.9 Å². The number of carbonyl (C=O) groups is 3. The Hall–Kier alpha value is -3.06. The molecule has 2 amide bonds. The van der Waals surface area contributed by atoms with Crippen LogP contribution in [-0.4, -0.2) is 36.6 Å². The van der Waals surface area contributed by atoms with Crippen LogP contribution >= 0.6 is 11.6 Å². The first kappa shape index (κ1) is 18.3. The molecule has 0 unspecified atom stereocenters. The molecule has 0 bridgehead atoms. The molecular formula is C17H14ClNO6. The summed E-state index contributed by atoms with van der Waals surface area (Å²) in [6, 6.07) is 10.2. The largest absolute Gasteiger partial charge is 0.507 e. The second-order valence-corrected chi connectivity index (χ2v) is 5.25. The maximum Gasteiger partial charge on any atom is 0.342 e. The number of phenols is 1. The monoisotopic (exact) mass is 363 g/mol. The fourth-order valence-electron chi connectivity index (χ4n) is 1.95. The van der Waals surface area contributed by atoms with Crippen LogP contribution in [0.25, 0.3) is 0 Å². The molecule has 0 saturated heterocycles. The van der Waals surface area contributed by atoms with E-state index in [0.29, 0.717) is 5.75 Å². The van der Waals surface area contributed by atoms with Crippen LogP contribution in [0.5, 0.6) is 11.5 Å². The smallest absolute Gasteiger partial charge is 0.342 e. The Balaban J connectivity index is 1.94. The van der Waals surface area contributed by atoms with Crippen LogP contribution in [0.3, 0.4) is 0 Å². The minimum Gasteiger partial charge on any atom is -0.507 e. The van der Waals surface area contributed by atoms with E-state index < -0.39 is 24.4 Å². The molecule has 25 heavy (non-hydrogen) atoms. The summed E-state index contributed by atoms with van der Waals surface area (Å²) in [5.41, 5.74) is 0.0216. The molecule has 8 heteroatoms. The first-order valence-corrected chi connectivity index (χ1v) is 7.43. The van der Waals surface area contributed by atoms with E-state index in [-0.39, 0.29) is 21.9 Å². The minimum atomic E-state index is -0.922. The molecule has 130 valence electrons. The number of amides is 2. The first-order chi connectivity index (χ1) is 11.9. The Kier molecular flexibility index (Phi) is 5.97. The van der Waals surface area contributed by atoms with Crippen molar-refractivity contribution in [1.29, 1.82) is 0 Å². The second-order valence-electron chi connectivity index (χ2n) is 4.82. The van der Waals surface area contributed by atoms with Crippen LogP contribution in [0.1, 0.15) is 20.7 Å². The maximum absolute atomic E-state index is 12.0. The highest BCUT2D eigenvalue weighted by Crippen LogP contribution is 2.22. The summed E-state index contributed by atoms with van der Waals surface area (Å²) >= 11 is 5.67. The Morgan fingerprint density at radius 1 is 1.12 bits per heavy atom. The third-order valence-corrected chi connectivity index (χ3v) is 3.35. The number of hydrogen-bond donors (Lipinski definition) is 2. The molecule has 0 radical (unpaired) electrons. The molecule has 7 nitrogen and oxygen atoms in total. The number of methoxy groups -OCH3 is 1. The molecule has 0 fully saturated rings. The quantitative estimate of drug-likeness (QED) is 0.789. The number of benzene rings is 2. The van der Waals surface area contributed by atoms with Gasteiger partial charge in [-0.25, -0.2) is 4.79 Å². The molecule has 0 spiro atoms. The molecule has 2 aromatic carbocycles. The third kappa shape index (κ3) is 4.71. The molecule has 0 heterocycles. The van der Waals surface area contributed by atoms with E-state index in [0.717, 1.165) is 0 Å². The van der Waals surface area contributed by atoms with Crippen molar-refractivity contribution in [3.63, 3.8) is 0 Å². The average molecular weight is 364 g/mol. The highest BCUT2D eigenvalue weighted by molar-refractivity contribution is 6.30. The average Bonchev–Trinajstić information content (AvgIpc) is 2.59. The number of hydrogen-bond acceptors (Lipinski definition) is 6. The van der Waals surface area contributed by atoms with Crippen molar-refractivity contribution < 1.29 is 29.0 Å². The number of carbonyl (C=O) groups excluding carboxylic acids is 3. The highest BCUT2D eigenvalue weighted by atomic mass is 35.5. The lowest BCUT2D eigenvalue weighted by Crippen LogP contribution is -2.34. The number of ether oxygens (including phenoxy) is 2. The topological polar surface area (TPSA) is 102 Å². The van der Waals surface area contributed by atoms with Gasteiger partial charge in [0, 0.05) is 5.02 Å². The van der Waals surface area contributed by atoms with Crippen LogP contribution < -0.4 is 10.1 Å². The van der Waals surface area contributed by atoms with Crippen LogP contribution in [-0.2, 0) is 9.53 Å². The number of halogens is 1. The molecule has 0 aromatic heterocycles. The van der Waals surface area contributed by atoms with Gasteiger partial charge in [-0.15, -0.1) is 0 Å². The van der Waals surface area contributed by atoms with Crippen molar-refractivity contribution in [3.8, 4) is 11.5 Å². The Morgan fingerprint density at radius 3 is 2.52 bits per heavy atom. The van der Waals surface area contributed by atoms with Gasteiger partial charge < -0.3 is 14.6 Å². The zero-order valence-corrected chi connectivity index (χ0v) is 13.9. The number of esters is 1. The van der Waals surface area contributed by atoms with Gasteiger partial charge in [-0.1, -0.05) is 23.7 Å². The predicted octanol–water partition coefficient (Wildman–Crippen LogP) is 2.17. The lowest BCUT2D eigenvalue weighted by atomic mass is 10.2. The van der Waals surface area contributed by atoms with Gasteiger partial charge in [0.1, 0.15) is 17.1 Å². The number of phenolic OH excluding ortho intramolecular Hbond substituents is 1. The number of imide groups is 1. The maximum atomic E-state index is 12.0. The summed E-state index contributed by atoms with van der Waals surface area (Å²) in [5.74, 6) is -2.50. The van der Waals surface area contributed by atoms with Crippen LogP contribution in [0.15, 0.2) is 42.5 Å². The molecule has 0 aliphatic rings. The van der Waals surface area contributed by atoms with E-state index in [1.807, 2.05) is 0 Å². The lowest BCUT2D eigenvalue weighted by molar-refractivity contribution is -0.123. The van der Waals surface area contributed by atoms with Gasteiger partial charge in [0.25, 0.3) is 11.8 Å². The van der Waals surface area contributed by atoms with Gasteiger partial charge in [0.15, 0.2) is 6.61 Å². The van der Waals surface area contributed by atoms with Crippen molar-refractivity contribution in [2.45, 2.75) is 0 Å². The third-order valence-electron chi connectivity index (χ3n) is 3.12. The van der Waals surface area contributed by atoms with Crippen molar-refractivity contribution >= 4 is 29.4 Å². The van der Waals surface area contributed by atoms with Crippen LogP contribution in [0.4, 0.5) is 0 Å². The molecule has 2 aromatic rings. The van der Waals surface area contributed by atoms with Gasteiger partial charge in [-0.05, 0) is 30.3 Å². The van der Waals surface area contributed by atoms with Crippen LogP contribution in [0.2, 0.25) is 5.02 Å². The first-order valence-electron chi connectivity index (χ1n) is 7.05. The van der Waals surface area contributed by atoms with E-state index in [1.54, 1.807) is 18.2 Å². The Bertz CT molecular complexity index is 821. The standard InChI is InChI=1S/C17H14ClNO6/c1-24-14-5-3-2-4-12(14)16(22)19-15(21)9-25-17(23)11-7-6-10(18)8-13(11)20/h2-8,20H,9H2,1H3,(H,19,21,22). The van der Waals surface area contributed by atoms with E-state index in [9.17, 15) is 19.5 Å². The fourth-order valence-corrected chi connectivity index (χ4v) is 2.11. The molecular weight excluding hydrogens is 350 g/mol. The molecule has 2 rings (SSSR count). The summed E-state index contributed by atoms with van der Waals surface area (Å²) in [5, 5.41) is 12.0. The minimum absolute atomic E-state index is 0.145. The van der Waals surface area contributed by atoms with E-state index in [1.165, 1.54) is 31.4 Å². The van der Waals surface area contributed by atoms with E-state index >= 15 is 0 Å². The zero-order valence-electron chi connectivity index (χ0n) is 13.1. The van der Waals surface area contributed by atoms with Gasteiger partial charge in [0.2, 0.25) is 0 Å².